The van der Waals surface area contributed by atoms with E-state index in [9.17, 15) is 4.79 Å². The number of likely N-dealkylation sites (tertiary alicyclic amines) is 1. The summed E-state index contributed by atoms with van der Waals surface area (Å²) in [6.07, 6.45) is 3.54. The van der Waals surface area contributed by atoms with Gasteiger partial charge in [-0.25, -0.2) is 0 Å². The SMILES string of the molecule is COC1CCOC2(C1)CN(C(=O)CCc1ccccc1C)C2. The van der Waals surface area contributed by atoms with Crippen LogP contribution in [0.1, 0.15) is 30.4 Å². The minimum absolute atomic E-state index is 0.142. The lowest BCUT2D eigenvalue weighted by Gasteiger charge is -2.53. The van der Waals surface area contributed by atoms with E-state index < -0.39 is 0 Å². The lowest BCUT2D eigenvalue weighted by Crippen LogP contribution is -2.67. The predicted octanol–water partition coefficient (Wildman–Crippen LogP) is 2.33. The number of carbonyl (C=O) groups is 1. The quantitative estimate of drug-likeness (QED) is 0.857. The summed E-state index contributed by atoms with van der Waals surface area (Å²) in [6, 6.07) is 8.27. The highest BCUT2D eigenvalue weighted by atomic mass is 16.5. The third-order valence-corrected chi connectivity index (χ3v) is 4.96. The third kappa shape index (κ3) is 3.18. The van der Waals surface area contributed by atoms with Crippen LogP contribution in [0.5, 0.6) is 0 Å². The molecule has 1 aromatic carbocycles. The second kappa shape index (κ2) is 6.39. The summed E-state index contributed by atoms with van der Waals surface area (Å²) in [5.41, 5.74) is 2.38. The molecule has 1 unspecified atom stereocenters. The van der Waals surface area contributed by atoms with Gasteiger partial charge < -0.3 is 14.4 Å². The Hall–Kier alpha value is -1.39. The van der Waals surface area contributed by atoms with Gasteiger partial charge in [0.15, 0.2) is 0 Å². The molecule has 2 saturated heterocycles. The fourth-order valence-corrected chi connectivity index (χ4v) is 3.52. The average Bonchev–Trinajstić information content (AvgIpc) is 2.51. The van der Waals surface area contributed by atoms with E-state index in [2.05, 4.69) is 19.1 Å². The molecular weight excluding hydrogens is 278 g/mol. The standard InChI is InChI=1S/C18H25NO3/c1-14-5-3-4-6-15(14)7-8-17(20)19-12-18(13-19)11-16(21-2)9-10-22-18/h3-6,16H,7-13H2,1-2H3. The minimum atomic E-state index is -0.142. The number of hydrogen-bond acceptors (Lipinski definition) is 3. The molecule has 1 amide bonds. The molecule has 4 heteroatoms. The number of carbonyl (C=O) groups excluding carboxylic acids is 1. The Morgan fingerprint density at radius 1 is 1.41 bits per heavy atom. The number of rotatable bonds is 4. The summed E-state index contributed by atoms with van der Waals surface area (Å²) in [7, 11) is 1.76. The van der Waals surface area contributed by atoms with Gasteiger partial charge in [0.25, 0.3) is 0 Å². The normalized spacial score (nSPS) is 23.4. The fourth-order valence-electron chi connectivity index (χ4n) is 3.52. The van der Waals surface area contributed by atoms with E-state index in [-0.39, 0.29) is 17.6 Å². The van der Waals surface area contributed by atoms with Gasteiger partial charge in [0.2, 0.25) is 5.91 Å². The van der Waals surface area contributed by atoms with E-state index in [1.807, 2.05) is 17.0 Å². The van der Waals surface area contributed by atoms with Crippen molar-refractivity contribution in [2.75, 3.05) is 26.8 Å². The second-order valence-electron chi connectivity index (χ2n) is 6.56. The molecule has 2 aliphatic rings. The lowest BCUT2D eigenvalue weighted by molar-refractivity contribution is -0.198. The van der Waals surface area contributed by atoms with Gasteiger partial charge in [-0.1, -0.05) is 24.3 Å². The number of ether oxygens (including phenoxy) is 2. The van der Waals surface area contributed by atoms with E-state index in [0.29, 0.717) is 6.42 Å². The molecule has 1 aromatic rings. The zero-order valence-electron chi connectivity index (χ0n) is 13.5. The highest BCUT2D eigenvalue weighted by molar-refractivity contribution is 5.77. The molecule has 4 nitrogen and oxygen atoms in total. The maximum atomic E-state index is 12.3. The molecule has 0 radical (unpaired) electrons. The maximum absolute atomic E-state index is 12.3. The van der Waals surface area contributed by atoms with Gasteiger partial charge in [0.1, 0.15) is 5.60 Å². The van der Waals surface area contributed by atoms with Crippen molar-refractivity contribution in [3.63, 3.8) is 0 Å². The molecule has 3 rings (SSSR count). The summed E-state index contributed by atoms with van der Waals surface area (Å²) >= 11 is 0. The number of amides is 1. The van der Waals surface area contributed by atoms with E-state index in [0.717, 1.165) is 39.0 Å². The second-order valence-corrected chi connectivity index (χ2v) is 6.56. The van der Waals surface area contributed by atoms with Crippen LogP contribution >= 0.6 is 0 Å². The molecule has 0 aromatic heterocycles. The molecule has 2 aliphatic heterocycles. The average molecular weight is 303 g/mol. The summed E-state index contributed by atoms with van der Waals surface area (Å²) in [5.74, 6) is 0.233. The molecule has 0 saturated carbocycles. The Balaban J connectivity index is 1.48. The predicted molar refractivity (Wildman–Crippen MR) is 84.8 cm³/mol. The van der Waals surface area contributed by atoms with Crippen LogP contribution in [0.2, 0.25) is 0 Å². The first-order valence-electron chi connectivity index (χ1n) is 8.11. The number of nitrogens with zero attached hydrogens (tertiary/aromatic N) is 1. The van der Waals surface area contributed by atoms with Crippen molar-refractivity contribution in [2.45, 2.75) is 44.3 Å². The first-order valence-corrected chi connectivity index (χ1v) is 8.11. The maximum Gasteiger partial charge on any atom is 0.223 e. The van der Waals surface area contributed by atoms with E-state index in [1.165, 1.54) is 11.1 Å². The molecule has 22 heavy (non-hydrogen) atoms. The van der Waals surface area contributed by atoms with Crippen LogP contribution in [0.3, 0.4) is 0 Å². The van der Waals surface area contributed by atoms with Crippen molar-refractivity contribution in [1.29, 1.82) is 0 Å². The van der Waals surface area contributed by atoms with E-state index in [1.54, 1.807) is 7.11 Å². The van der Waals surface area contributed by atoms with Crippen LogP contribution in [-0.2, 0) is 20.7 Å². The first-order chi connectivity index (χ1) is 10.6. The van der Waals surface area contributed by atoms with Crippen LogP contribution in [-0.4, -0.2) is 49.3 Å². The van der Waals surface area contributed by atoms with Crippen molar-refractivity contribution in [2.24, 2.45) is 0 Å². The lowest BCUT2D eigenvalue weighted by atomic mass is 9.84. The molecular formula is C18H25NO3. The molecule has 2 heterocycles. The Kier molecular flexibility index (Phi) is 4.50. The molecule has 2 fully saturated rings. The molecule has 1 spiro atoms. The van der Waals surface area contributed by atoms with E-state index >= 15 is 0 Å². The fraction of sp³-hybridized carbons (Fsp3) is 0.611. The van der Waals surface area contributed by atoms with Gasteiger partial charge in [-0.05, 0) is 30.9 Å². The molecule has 0 aliphatic carbocycles. The first kappa shape index (κ1) is 15.5. The van der Waals surface area contributed by atoms with Crippen LogP contribution < -0.4 is 0 Å². The highest BCUT2D eigenvalue weighted by Crippen LogP contribution is 2.35. The number of aryl methyl sites for hydroxylation is 2. The molecule has 0 N–H and O–H groups in total. The van der Waals surface area contributed by atoms with Gasteiger partial charge in [0.05, 0.1) is 19.2 Å². The smallest absolute Gasteiger partial charge is 0.223 e. The van der Waals surface area contributed by atoms with Crippen molar-refractivity contribution >= 4 is 5.91 Å². The van der Waals surface area contributed by atoms with Crippen molar-refractivity contribution in [1.82, 2.24) is 4.90 Å². The van der Waals surface area contributed by atoms with Crippen LogP contribution in [0.25, 0.3) is 0 Å². The monoisotopic (exact) mass is 303 g/mol. The van der Waals surface area contributed by atoms with Gasteiger partial charge in [0, 0.05) is 26.6 Å². The van der Waals surface area contributed by atoms with Crippen molar-refractivity contribution in [3.05, 3.63) is 35.4 Å². The number of methoxy groups -OCH3 is 1. The summed E-state index contributed by atoms with van der Waals surface area (Å²) in [5, 5.41) is 0. The van der Waals surface area contributed by atoms with Gasteiger partial charge in [-0.2, -0.15) is 0 Å². The Morgan fingerprint density at radius 3 is 2.91 bits per heavy atom. The summed E-state index contributed by atoms with van der Waals surface area (Å²) in [6.45, 7) is 4.28. The van der Waals surface area contributed by atoms with Crippen LogP contribution in [0.15, 0.2) is 24.3 Å². The number of benzene rings is 1. The van der Waals surface area contributed by atoms with E-state index in [4.69, 9.17) is 9.47 Å². The molecule has 120 valence electrons. The molecule has 1 atom stereocenters. The zero-order chi connectivity index (χ0) is 15.6. The highest BCUT2D eigenvalue weighted by Gasteiger charge is 2.49. The number of hydrogen-bond donors (Lipinski definition) is 0. The summed E-state index contributed by atoms with van der Waals surface area (Å²) in [4.78, 5) is 14.3. The van der Waals surface area contributed by atoms with Crippen LogP contribution in [0, 0.1) is 6.92 Å². The molecule has 0 bridgehead atoms. The van der Waals surface area contributed by atoms with Gasteiger partial charge in [-0.3, -0.25) is 4.79 Å². The van der Waals surface area contributed by atoms with Crippen molar-refractivity contribution in [3.8, 4) is 0 Å². The van der Waals surface area contributed by atoms with Crippen LogP contribution in [0.4, 0.5) is 0 Å². The Labute approximate surface area is 132 Å². The minimum Gasteiger partial charge on any atom is -0.381 e. The third-order valence-electron chi connectivity index (χ3n) is 4.96. The largest absolute Gasteiger partial charge is 0.381 e. The van der Waals surface area contributed by atoms with Crippen molar-refractivity contribution < 1.29 is 14.3 Å². The van der Waals surface area contributed by atoms with Gasteiger partial charge >= 0.3 is 0 Å². The van der Waals surface area contributed by atoms with Gasteiger partial charge in [-0.15, -0.1) is 0 Å². The Bertz CT molecular complexity index is 537. The Morgan fingerprint density at radius 2 is 2.18 bits per heavy atom. The zero-order valence-corrected chi connectivity index (χ0v) is 13.5. The topological polar surface area (TPSA) is 38.8 Å². The summed E-state index contributed by atoms with van der Waals surface area (Å²) < 4.78 is 11.4.